The Kier molecular flexibility index (Phi) is 9.11. The number of methoxy groups -OCH3 is 1. The van der Waals surface area contributed by atoms with Gasteiger partial charge < -0.3 is 14.6 Å². The molecule has 0 fully saturated rings. The first-order valence-electron chi connectivity index (χ1n) is 12.8. The number of aromatic nitrogens is 3. The zero-order valence-corrected chi connectivity index (χ0v) is 24.0. The molecule has 0 saturated carbocycles. The van der Waals surface area contributed by atoms with Gasteiger partial charge in [-0.15, -0.1) is 10.2 Å². The summed E-state index contributed by atoms with van der Waals surface area (Å²) in [6.07, 6.45) is 1.37. The molecule has 0 aliphatic carbocycles. The van der Waals surface area contributed by atoms with E-state index in [9.17, 15) is 9.90 Å². The molecule has 0 radical (unpaired) electrons. The molecule has 208 valence electrons. The van der Waals surface area contributed by atoms with E-state index >= 15 is 0 Å². The average Bonchev–Trinajstić information content (AvgIpc) is 3.37. The number of aromatic hydroxyl groups is 1. The number of phenols is 1. The molecule has 4 aromatic rings. The van der Waals surface area contributed by atoms with E-state index in [1.165, 1.54) is 23.5 Å². The fourth-order valence-corrected chi connectivity index (χ4v) is 4.63. The third-order valence-electron chi connectivity index (χ3n) is 6.03. The number of carbonyl (C=O) groups excluding carboxylic acids is 1. The number of phenolic OH excluding ortho intramolecular Hbond substituents is 1. The molecular weight excluding hydrogens is 526 g/mol. The van der Waals surface area contributed by atoms with Crippen molar-refractivity contribution in [2.24, 2.45) is 5.10 Å². The number of para-hydroxylation sites is 1. The van der Waals surface area contributed by atoms with Gasteiger partial charge in [0.05, 0.1) is 25.7 Å². The van der Waals surface area contributed by atoms with Crippen LogP contribution in [-0.2, 0) is 10.2 Å². The van der Waals surface area contributed by atoms with Gasteiger partial charge in [0.15, 0.2) is 22.5 Å². The minimum absolute atomic E-state index is 0.0316. The van der Waals surface area contributed by atoms with Gasteiger partial charge in [0.1, 0.15) is 5.75 Å². The molecule has 9 nitrogen and oxygen atoms in total. The van der Waals surface area contributed by atoms with E-state index in [0.717, 1.165) is 17.0 Å². The van der Waals surface area contributed by atoms with Crippen molar-refractivity contribution < 1.29 is 19.4 Å². The molecule has 1 amide bonds. The average molecular weight is 560 g/mol. The molecule has 1 aromatic heterocycles. The molecular formula is C30H33N5O4S. The van der Waals surface area contributed by atoms with Crippen molar-refractivity contribution in [2.75, 3.05) is 19.5 Å². The predicted molar refractivity (Wildman–Crippen MR) is 158 cm³/mol. The smallest absolute Gasteiger partial charge is 0.250 e. The van der Waals surface area contributed by atoms with Gasteiger partial charge in [-0.25, -0.2) is 5.43 Å². The summed E-state index contributed by atoms with van der Waals surface area (Å²) in [5, 5.41) is 23.7. The number of hydrogen-bond donors (Lipinski definition) is 2. The summed E-state index contributed by atoms with van der Waals surface area (Å²) in [5.74, 6) is 1.44. The van der Waals surface area contributed by atoms with E-state index < -0.39 is 0 Å². The number of hydrogen-bond acceptors (Lipinski definition) is 8. The Morgan fingerprint density at radius 1 is 1.07 bits per heavy atom. The summed E-state index contributed by atoms with van der Waals surface area (Å²) in [5.41, 5.74) is 5.93. The monoisotopic (exact) mass is 559 g/mol. The zero-order chi connectivity index (χ0) is 28.7. The second-order valence-electron chi connectivity index (χ2n) is 9.88. The van der Waals surface area contributed by atoms with E-state index in [4.69, 9.17) is 9.47 Å². The highest BCUT2D eigenvalue weighted by atomic mass is 32.2. The molecule has 0 aliphatic heterocycles. The Labute approximate surface area is 238 Å². The molecule has 0 aliphatic rings. The number of thioether (sulfide) groups is 1. The number of ether oxygens (including phenoxy) is 2. The van der Waals surface area contributed by atoms with Crippen LogP contribution in [0.1, 0.15) is 38.8 Å². The molecule has 2 N–H and O–H groups in total. The van der Waals surface area contributed by atoms with E-state index in [1.807, 2.05) is 47.9 Å². The quantitative estimate of drug-likeness (QED) is 0.148. The van der Waals surface area contributed by atoms with Crippen LogP contribution in [-0.4, -0.2) is 51.5 Å². The fraction of sp³-hybridized carbons (Fsp3) is 0.267. The maximum atomic E-state index is 12.6. The highest BCUT2D eigenvalue weighted by Gasteiger charge is 2.19. The van der Waals surface area contributed by atoms with Crippen molar-refractivity contribution in [1.82, 2.24) is 20.2 Å². The first-order valence-corrected chi connectivity index (χ1v) is 13.8. The maximum absolute atomic E-state index is 12.6. The highest BCUT2D eigenvalue weighted by Crippen LogP contribution is 2.31. The van der Waals surface area contributed by atoms with Crippen LogP contribution >= 0.6 is 11.8 Å². The van der Waals surface area contributed by atoms with Gasteiger partial charge in [-0.2, -0.15) is 5.10 Å². The van der Waals surface area contributed by atoms with Gasteiger partial charge in [-0.05, 0) is 54.3 Å². The lowest BCUT2D eigenvalue weighted by Gasteiger charge is -2.19. The minimum atomic E-state index is -0.331. The van der Waals surface area contributed by atoms with Crippen LogP contribution in [0.4, 0.5) is 0 Å². The second kappa shape index (κ2) is 12.7. The lowest BCUT2D eigenvalue weighted by Crippen LogP contribution is -2.20. The molecule has 3 aromatic carbocycles. The summed E-state index contributed by atoms with van der Waals surface area (Å²) in [4.78, 5) is 12.6. The van der Waals surface area contributed by atoms with Gasteiger partial charge in [0, 0.05) is 16.8 Å². The standard InChI is InChI=1S/C30H33N5O4S/c1-6-39-25-9-7-8-21(27(25)37)18-31-32-26(36)19-40-29-34-33-28(20-10-12-22(13-11-20)30(2,3)4)35(29)23-14-16-24(38-5)17-15-23/h7-18,37H,6,19H2,1-5H3,(H,32,36)/b31-18+. The molecule has 0 unspecified atom stereocenters. The maximum Gasteiger partial charge on any atom is 0.250 e. The lowest BCUT2D eigenvalue weighted by atomic mass is 9.87. The Morgan fingerprint density at radius 2 is 1.80 bits per heavy atom. The van der Waals surface area contributed by atoms with E-state index in [-0.39, 0.29) is 22.8 Å². The normalized spacial score (nSPS) is 11.5. The predicted octanol–water partition coefficient (Wildman–Crippen LogP) is 5.59. The van der Waals surface area contributed by atoms with Crippen LogP contribution in [0.5, 0.6) is 17.2 Å². The number of amides is 1. The summed E-state index contributed by atoms with van der Waals surface area (Å²) in [6, 6.07) is 20.9. The van der Waals surface area contributed by atoms with Crippen LogP contribution in [0.25, 0.3) is 17.1 Å². The molecule has 10 heteroatoms. The van der Waals surface area contributed by atoms with Crippen LogP contribution in [0, 0.1) is 0 Å². The lowest BCUT2D eigenvalue weighted by molar-refractivity contribution is -0.118. The van der Waals surface area contributed by atoms with Gasteiger partial charge in [-0.3, -0.25) is 9.36 Å². The van der Waals surface area contributed by atoms with Gasteiger partial charge in [0.2, 0.25) is 0 Å². The molecule has 0 saturated heterocycles. The van der Waals surface area contributed by atoms with Gasteiger partial charge in [0.25, 0.3) is 5.91 Å². The third-order valence-corrected chi connectivity index (χ3v) is 6.96. The molecule has 0 atom stereocenters. The van der Waals surface area contributed by atoms with Crippen molar-refractivity contribution >= 4 is 23.9 Å². The van der Waals surface area contributed by atoms with E-state index in [2.05, 4.69) is 53.6 Å². The van der Waals surface area contributed by atoms with E-state index in [0.29, 0.717) is 28.9 Å². The Bertz CT molecular complexity index is 1480. The molecule has 0 spiro atoms. The number of nitrogens with one attached hydrogen (secondary N) is 1. The first kappa shape index (κ1) is 28.7. The molecule has 1 heterocycles. The van der Waals surface area contributed by atoms with Crippen molar-refractivity contribution in [3.05, 3.63) is 77.9 Å². The Morgan fingerprint density at radius 3 is 2.45 bits per heavy atom. The summed E-state index contributed by atoms with van der Waals surface area (Å²) >= 11 is 1.24. The number of benzene rings is 3. The Hall–Kier alpha value is -4.31. The zero-order valence-electron chi connectivity index (χ0n) is 23.2. The molecule has 4 rings (SSSR count). The van der Waals surface area contributed by atoms with Gasteiger partial charge in [-0.1, -0.05) is 62.9 Å². The van der Waals surface area contributed by atoms with Crippen molar-refractivity contribution in [1.29, 1.82) is 0 Å². The fourth-order valence-electron chi connectivity index (χ4n) is 3.89. The van der Waals surface area contributed by atoms with Crippen LogP contribution in [0.15, 0.2) is 77.0 Å². The molecule has 0 bridgehead atoms. The summed E-state index contributed by atoms with van der Waals surface area (Å²) in [7, 11) is 1.62. The number of rotatable bonds is 10. The highest BCUT2D eigenvalue weighted by molar-refractivity contribution is 7.99. The molecule has 40 heavy (non-hydrogen) atoms. The van der Waals surface area contributed by atoms with Crippen LogP contribution in [0.2, 0.25) is 0 Å². The number of carbonyl (C=O) groups is 1. The van der Waals surface area contributed by atoms with E-state index in [1.54, 1.807) is 25.3 Å². The van der Waals surface area contributed by atoms with Crippen LogP contribution < -0.4 is 14.9 Å². The topological polar surface area (TPSA) is 111 Å². The van der Waals surface area contributed by atoms with Gasteiger partial charge >= 0.3 is 0 Å². The third kappa shape index (κ3) is 6.81. The SMILES string of the molecule is CCOc1cccc(/C=N/NC(=O)CSc2nnc(-c3ccc(C(C)(C)C)cc3)n2-c2ccc(OC)cc2)c1O. The van der Waals surface area contributed by atoms with Crippen LogP contribution in [0.3, 0.4) is 0 Å². The number of nitrogens with zero attached hydrogens (tertiary/aromatic N) is 4. The van der Waals surface area contributed by atoms with Crippen molar-refractivity contribution in [3.8, 4) is 34.3 Å². The van der Waals surface area contributed by atoms with Crippen molar-refractivity contribution in [3.63, 3.8) is 0 Å². The van der Waals surface area contributed by atoms with Crippen molar-refractivity contribution in [2.45, 2.75) is 38.3 Å². The number of hydrazone groups is 1. The minimum Gasteiger partial charge on any atom is -0.504 e. The summed E-state index contributed by atoms with van der Waals surface area (Å²) < 4.78 is 12.6. The first-order chi connectivity index (χ1) is 19.2. The Balaban J connectivity index is 1.53. The largest absolute Gasteiger partial charge is 0.504 e. The summed E-state index contributed by atoms with van der Waals surface area (Å²) in [6.45, 7) is 8.78. The second-order valence-corrected chi connectivity index (χ2v) is 10.8.